The Balaban J connectivity index is 0.000000298. The second-order valence-electron chi connectivity index (χ2n) is 7.31. The first-order chi connectivity index (χ1) is 14.0. The lowest BCUT2D eigenvalue weighted by molar-refractivity contribution is 0.391. The molecular weight excluding hydrogens is 364 g/mol. The van der Waals surface area contributed by atoms with E-state index >= 15 is 0 Å². The number of aromatic amines is 1. The Kier molecular flexibility index (Phi) is 6.57. The number of hydrogen-bond donors (Lipinski definition) is 1. The third kappa shape index (κ3) is 5.18. The van der Waals surface area contributed by atoms with E-state index in [0.717, 1.165) is 39.2 Å². The van der Waals surface area contributed by atoms with Crippen LogP contribution in [0, 0.1) is 18.3 Å². The largest absolute Gasteiger partial charge is 0.361 e. The van der Waals surface area contributed by atoms with Crippen LogP contribution in [0.4, 0.5) is 0 Å². The number of hydrogen-bond acceptors (Lipinski definition) is 6. The number of nitrogens with one attached hydrogen (secondary N) is 1. The molecule has 3 aromatic heterocycles. The summed E-state index contributed by atoms with van der Waals surface area (Å²) in [7, 11) is 4.21. The molecule has 0 radical (unpaired) electrons. The Hall–Kier alpha value is -3.24. The van der Waals surface area contributed by atoms with E-state index in [-0.39, 0.29) is 0 Å². The molecule has 0 amide bonds. The fourth-order valence-corrected chi connectivity index (χ4v) is 3.01. The molecule has 0 atom stereocenters. The lowest BCUT2D eigenvalue weighted by atomic mass is 10.1. The molecule has 1 N–H and O–H groups in total. The van der Waals surface area contributed by atoms with Gasteiger partial charge >= 0.3 is 0 Å². The van der Waals surface area contributed by atoms with Gasteiger partial charge in [-0.1, -0.05) is 18.5 Å². The zero-order valence-corrected chi connectivity index (χ0v) is 17.4. The maximum Gasteiger partial charge on any atom is 0.133 e. The first kappa shape index (κ1) is 20.5. The molecule has 1 aromatic carbocycles. The van der Waals surface area contributed by atoms with Gasteiger partial charge in [-0.2, -0.15) is 5.26 Å². The number of aryl methyl sites for hydroxylation is 1. The van der Waals surface area contributed by atoms with E-state index in [2.05, 4.69) is 52.1 Å². The number of rotatable bonds is 5. The fraction of sp³-hybridized carbons (Fsp3) is 0.364. The summed E-state index contributed by atoms with van der Waals surface area (Å²) in [6.07, 6.45) is 4.95. The molecule has 0 fully saturated rings. The normalized spacial score (nSPS) is 10.9. The van der Waals surface area contributed by atoms with Crippen LogP contribution in [0.15, 0.2) is 35.0 Å². The number of nitriles is 1. The second kappa shape index (κ2) is 9.30. The summed E-state index contributed by atoms with van der Waals surface area (Å²) >= 11 is 0. The fourth-order valence-electron chi connectivity index (χ4n) is 3.01. The molecule has 0 saturated carbocycles. The van der Waals surface area contributed by atoms with Gasteiger partial charge in [-0.15, -0.1) is 0 Å². The predicted octanol–water partition coefficient (Wildman–Crippen LogP) is 4.22. The van der Waals surface area contributed by atoms with Gasteiger partial charge in [0, 0.05) is 11.5 Å². The van der Waals surface area contributed by atoms with Crippen molar-refractivity contribution in [3.05, 3.63) is 53.3 Å². The third-order valence-electron chi connectivity index (χ3n) is 4.48. The summed E-state index contributed by atoms with van der Waals surface area (Å²) in [6.45, 7) is 5.30. The highest BCUT2D eigenvalue weighted by Gasteiger charge is 2.10. The summed E-state index contributed by atoms with van der Waals surface area (Å²) in [5.74, 6) is 1.57. The van der Waals surface area contributed by atoms with E-state index < -0.39 is 0 Å². The van der Waals surface area contributed by atoms with Gasteiger partial charge in [0.25, 0.3) is 0 Å². The maximum atomic E-state index is 9.05. The first-order valence-corrected chi connectivity index (χ1v) is 9.74. The van der Waals surface area contributed by atoms with E-state index in [1.165, 1.54) is 19.4 Å². The molecule has 0 saturated heterocycles. The molecule has 0 unspecified atom stereocenters. The van der Waals surface area contributed by atoms with Crippen LogP contribution in [-0.2, 0) is 6.42 Å². The van der Waals surface area contributed by atoms with Crippen LogP contribution >= 0.6 is 0 Å². The first-order valence-electron chi connectivity index (χ1n) is 9.74. The summed E-state index contributed by atoms with van der Waals surface area (Å²) < 4.78 is 5.07. The summed E-state index contributed by atoms with van der Waals surface area (Å²) in [4.78, 5) is 14.5. The highest BCUT2D eigenvalue weighted by atomic mass is 16.5. The topological polar surface area (TPSA) is 94.6 Å². The third-order valence-corrected chi connectivity index (χ3v) is 4.48. The second-order valence-corrected chi connectivity index (χ2v) is 7.31. The van der Waals surface area contributed by atoms with Crippen molar-refractivity contribution >= 4 is 21.9 Å². The van der Waals surface area contributed by atoms with Crippen LogP contribution in [0.3, 0.4) is 0 Å². The van der Waals surface area contributed by atoms with Crippen molar-refractivity contribution in [3.63, 3.8) is 0 Å². The van der Waals surface area contributed by atoms with Crippen LogP contribution < -0.4 is 0 Å². The number of fused-ring (bicyclic) bond motifs is 3. The maximum absolute atomic E-state index is 9.05. The van der Waals surface area contributed by atoms with Gasteiger partial charge in [-0.3, -0.25) is 4.98 Å². The van der Waals surface area contributed by atoms with E-state index in [1.54, 1.807) is 12.3 Å². The van der Waals surface area contributed by atoms with Crippen molar-refractivity contribution in [2.45, 2.75) is 33.1 Å². The molecular formula is C22H26N6O. The molecule has 7 nitrogen and oxygen atoms in total. The zero-order valence-electron chi connectivity index (χ0n) is 17.4. The standard InChI is InChI=1S/C16H11N5O.C6H15N/c1-9-4-11(21-22-9)6-15-19-14-8-18-13-3-2-10(7-17)5-12(13)16(14)20-15;1-4-5-6-7(2)3/h2-5,8H,6H2,1H3,(H,19,20);4-6H2,1-3H3. The Morgan fingerprint density at radius 1 is 1.24 bits per heavy atom. The van der Waals surface area contributed by atoms with Gasteiger partial charge in [0.15, 0.2) is 0 Å². The molecule has 3 heterocycles. The van der Waals surface area contributed by atoms with E-state index in [1.807, 2.05) is 25.1 Å². The van der Waals surface area contributed by atoms with Crippen LogP contribution in [0.1, 0.15) is 42.6 Å². The van der Waals surface area contributed by atoms with Crippen LogP contribution in [-0.4, -0.2) is 45.6 Å². The monoisotopic (exact) mass is 390 g/mol. The number of H-pyrrole nitrogens is 1. The number of pyridine rings is 1. The molecule has 0 bridgehead atoms. The smallest absolute Gasteiger partial charge is 0.133 e. The highest BCUT2D eigenvalue weighted by Crippen LogP contribution is 2.23. The van der Waals surface area contributed by atoms with Gasteiger partial charge in [-0.05, 0) is 52.2 Å². The average molecular weight is 390 g/mol. The lowest BCUT2D eigenvalue weighted by Crippen LogP contribution is -2.12. The van der Waals surface area contributed by atoms with Crippen molar-refractivity contribution in [2.75, 3.05) is 20.6 Å². The van der Waals surface area contributed by atoms with Crippen molar-refractivity contribution in [1.29, 1.82) is 5.26 Å². The van der Waals surface area contributed by atoms with Crippen molar-refractivity contribution in [3.8, 4) is 6.07 Å². The van der Waals surface area contributed by atoms with Crippen molar-refractivity contribution < 1.29 is 4.52 Å². The van der Waals surface area contributed by atoms with Gasteiger partial charge in [-0.25, -0.2) is 4.98 Å². The Bertz CT molecular complexity index is 1140. The van der Waals surface area contributed by atoms with Gasteiger partial charge in [0.05, 0.1) is 46.5 Å². The molecule has 0 aliphatic rings. The van der Waals surface area contributed by atoms with Crippen LogP contribution in [0.25, 0.3) is 21.9 Å². The molecule has 4 aromatic rings. The highest BCUT2D eigenvalue weighted by molar-refractivity contribution is 6.02. The lowest BCUT2D eigenvalue weighted by Gasteiger charge is -2.05. The predicted molar refractivity (Wildman–Crippen MR) is 114 cm³/mol. The average Bonchev–Trinajstić information content (AvgIpc) is 3.32. The van der Waals surface area contributed by atoms with E-state index in [0.29, 0.717) is 12.0 Å². The van der Waals surface area contributed by atoms with Crippen LogP contribution in [0.5, 0.6) is 0 Å². The SMILES string of the molecule is CCCCN(C)C.Cc1cc(Cc2nc3c(cnc4ccc(C#N)cc43)[nH]2)no1. The number of imidazole rings is 1. The zero-order chi connectivity index (χ0) is 20.8. The summed E-state index contributed by atoms with van der Waals surface area (Å²) in [5, 5.41) is 13.9. The van der Waals surface area contributed by atoms with E-state index in [4.69, 9.17) is 9.78 Å². The van der Waals surface area contributed by atoms with Crippen molar-refractivity contribution in [2.24, 2.45) is 0 Å². The Morgan fingerprint density at radius 3 is 2.69 bits per heavy atom. The molecule has 150 valence electrons. The Morgan fingerprint density at radius 2 is 2.07 bits per heavy atom. The molecule has 0 aliphatic heterocycles. The number of nitrogens with zero attached hydrogens (tertiary/aromatic N) is 5. The summed E-state index contributed by atoms with van der Waals surface area (Å²) in [5.41, 5.74) is 3.90. The molecule has 0 spiro atoms. The number of unbranched alkanes of at least 4 members (excludes halogenated alkanes) is 1. The van der Waals surface area contributed by atoms with E-state index in [9.17, 15) is 0 Å². The van der Waals surface area contributed by atoms with Crippen LogP contribution in [0.2, 0.25) is 0 Å². The summed E-state index contributed by atoms with van der Waals surface area (Å²) in [6, 6.07) is 9.44. The molecule has 29 heavy (non-hydrogen) atoms. The quantitative estimate of drug-likeness (QED) is 0.548. The minimum absolute atomic E-state index is 0.561. The number of aromatic nitrogens is 4. The molecule has 7 heteroatoms. The van der Waals surface area contributed by atoms with Gasteiger partial charge in [0.1, 0.15) is 11.6 Å². The van der Waals surface area contributed by atoms with Crippen molar-refractivity contribution in [1.82, 2.24) is 25.0 Å². The minimum atomic E-state index is 0.561. The van der Waals surface area contributed by atoms with Gasteiger partial charge < -0.3 is 14.4 Å². The molecule has 4 rings (SSSR count). The minimum Gasteiger partial charge on any atom is -0.361 e. The molecule has 0 aliphatic carbocycles. The van der Waals surface area contributed by atoms with Gasteiger partial charge in [0.2, 0.25) is 0 Å². The Labute approximate surface area is 170 Å². The number of benzene rings is 1.